The lowest BCUT2D eigenvalue weighted by molar-refractivity contribution is -0.147. The van der Waals surface area contributed by atoms with Gasteiger partial charge in [0.15, 0.2) is 0 Å². The fraction of sp³-hybridized carbons (Fsp3) is 0.200. The molecule has 3 aromatic rings. The number of imide groups is 1. The highest BCUT2D eigenvalue weighted by atomic mass is 16.2. The van der Waals surface area contributed by atoms with Crippen molar-refractivity contribution < 1.29 is 14.4 Å². The van der Waals surface area contributed by atoms with Crippen LogP contribution in [0.2, 0.25) is 0 Å². The Morgan fingerprint density at radius 1 is 0.806 bits per heavy atom. The van der Waals surface area contributed by atoms with Crippen molar-refractivity contribution in [3.63, 3.8) is 0 Å². The molecule has 0 unspecified atom stereocenters. The Labute approximate surface area is 178 Å². The van der Waals surface area contributed by atoms with E-state index < -0.39 is 22.8 Å². The molecule has 1 aromatic heterocycles. The summed E-state index contributed by atoms with van der Waals surface area (Å²) in [5.74, 6) is -2.40. The summed E-state index contributed by atoms with van der Waals surface area (Å²) >= 11 is 0. The lowest BCUT2D eigenvalue weighted by Crippen LogP contribution is -2.72. The number of carbonyl (C=O) groups is 3. The number of aromatic nitrogens is 1. The molecule has 0 spiro atoms. The number of pyridine rings is 1. The number of hydrogen-bond acceptors (Lipinski definition) is 4. The number of benzene rings is 2. The zero-order chi connectivity index (χ0) is 21.4. The molecule has 0 radical (unpaired) electrons. The van der Waals surface area contributed by atoms with Crippen molar-refractivity contribution in [2.24, 2.45) is 11.8 Å². The predicted octanol–water partition coefficient (Wildman–Crippen LogP) is 2.53. The van der Waals surface area contributed by atoms with Gasteiger partial charge in [0.25, 0.3) is 0 Å². The maximum absolute atomic E-state index is 13.9. The number of hydrogen-bond donors (Lipinski definition) is 1. The van der Waals surface area contributed by atoms with Crippen molar-refractivity contribution in [3.05, 3.63) is 95.8 Å². The third kappa shape index (κ3) is 1.97. The Hall–Kier alpha value is -3.80. The summed E-state index contributed by atoms with van der Waals surface area (Å²) < 4.78 is 0. The Morgan fingerprint density at radius 2 is 1.42 bits per heavy atom. The second kappa shape index (κ2) is 5.88. The summed E-state index contributed by atoms with van der Waals surface area (Å²) in [5, 5.41) is 3.17. The van der Waals surface area contributed by atoms with Crippen LogP contribution in [0.15, 0.2) is 79.1 Å². The second-order valence-electron chi connectivity index (χ2n) is 8.55. The first kappa shape index (κ1) is 18.0. The third-order valence-electron chi connectivity index (χ3n) is 7.24. The molecule has 152 valence electrons. The van der Waals surface area contributed by atoms with Crippen LogP contribution in [0.25, 0.3) is 0 Å². The molecule has 4 atom stereocenters. The SMILES string of the molecule is C[C@@]12C(=O)N[C@](c3ccncc3)(c3ccccc31)[C@H]1C(=O)N(c3ccccc3)C(=O)[C@@H]12. The van der Waals surface area contributed by atoms with Crippen molar-refractivity contribution in [3.8, 4) is 0 Å². The summed E-state index contributed by atoms with van der Waals surface area (Å²) in [7, 11) is 0. The molecule has 4 heterocycles. The highest BCUT2D eigenvalue weighted by molar-refractivity contribution is 6.25. The van der Waals surface area contributed by atoms with Gasteiger partial charge in [0.2, 0.25) is 17.7 Å². The second-order valence-corrected chi connectivity index (χ2v) is 8.55. The maximum Gasteiger partial charge on any atom is 0.240 e. The Bertz CT molecular complexity index is 1260. The molecule has 2 saturated heterocycles. The largest absolute Gasteiger partial charge is 0.341 e. The van der Waals surface area contributed by atoms with Crippen molar-refractivity contribution in [1.29, 1.82) is 0 Å². The highest BCUT2D eigenvalue weighted by Gasteiger charge is 2.74. The van der Waals surface area contributed by atoms with E-state index in [9.17, 15) is 14.4 Å². The van der Waals surface area contributed by atoms with Gasteiger partial charge in [-0.15, -0.1) is 0 Å². The van der Waals surface area contributed by atoms with Crippen LogP contribution in [0.1, 0.15) is 23.6 Å². The number of anilines is 1. The van der Waals surface area contributed by atoms with Crippen LogP contribution in [-0.2, 0) is 25.3 Å². The molecule has 6 heteroatoms. The average molecular weight is 409 g/mol. The zero-order valence-corrected chi connectivity index (χ0v) is 16.8. The van der Waals surface area contributed by atoms with Crippen LogP contribution in [0.4, 0.5) is 5.69 Å². The van der Waals surface area contributed by atoms with Gasteiger partial charge in [0.1, 0.15) is 5.54 Å². The van der Waals surface area contributed by atoms with Gasteiger partial charge in [-0.1, -0.05) is 42.5 Å². The Kier molecular flexibility index (Phi) is 3.41. The number of piperidine rings is 1. The lowest BCUT2D eigenvalue weighted by Gasteiger charge is -2.57. The zero-order valence-electron chi connectivity index (χ0n) is 16.8. The lowest BCUT2D eigenvalue weighted by atomic mass is 9.49. The normalized spacial score (nSPS) is 30.7. The minimum Gasteiger partial charge on any atom is -0.341 e. The van der Waals surface area contributed by atoms with E-state index in [0.29, 0.717) is 5.69 Å². The first-order chi connectivity index (χ1) is 15.0. The Balaban J connectivity index is 1.68. The van der Waals surface area contributed by atoms with E-state index in [0.717, 1.165) is 16.7 Å². The van der Waals surface area contributed by atoms with Gasteiger partial charge in [-0.2, -0.15) is 0 Å². The molecule has 2 bridgehead atoms. The fourth-order valence-corrected chi connectivity index (χ4v) is 5.87. The first-order valence-corrected chi connectivity index (χ1v) is 10.3. The van der Waals surface area contributed by atoms with Crippen LogP contribution in [-0.4, -0.2) is 22.7 Å². The number of nitrogens with one attached hydrogen (secondary N) is 1. The third-order valence-corrected chi connectivity index (χ3v) is 7.24. The molecule has 6 nitrogen and oxygen atoms in total. The van der Waals surface area contributed by atoms with Crippen LogP contribution in [0.3, 0.4) is 0 Å². The minimum atomic E-state index is -1.13. The Morgan fingerprint density at radius 3 is 2.13 bits per heavy atom. The number of amides is 3. The predicted molar refractivity (Wildman–Crippen MR) is 113 cm³/mol. The van der Waals surface area contributed by atoms with Gasteiger partial charge >= 0.3 is 0 Å². The van der Waals surface area contributed by atoms with E-state index in [1.54, 1.807) is 43.6 Å². The van der Waals surface area contributed by atoms with Crippen molar-refractivity contribution >= 4 is 23.4 Å². The van der Waals surface area contributed by atoms with E-state index in [2.05, 4.69) is 10.3 Å². The molecule has 3 amide bonds. The summed E-state index contributed by atoms with van der Waals surface area (Å²) in [5.41, 5.74) is 0.669. The number of carbonyl (C=O) groups excluding carboxylic acids is 3. The molecule has 2 aromatic carbocycles. The number of rotatable bonds is 2. The quantitative estimate of drug-likeness (QED) is 0.660. The summed E-state index contributed by atoms with van der Waals surface area (Å²) in [4.78, 5) is 46.6. The molecule has 1 aliphatic carbocycles. The standard InChI is InChI=1S/C25H19N3O3/c1-24-17-9-5-6-10-18(17)25(27-23(24)31,15-11-13-26-14-12-15)20-19(24)21(29)28(22(20)30)16-7-3-2-4-8-16/h2-14,19-20H,1H3,(H,27,31)/t19-,20-,24-,25-/m1/s1. The molecular weight excluding hydrogens is 390 g/mol. The smallest absolute Gasteiger partial charge is 0.240 e. The topological polar surface area (TPSA) is 79.4 Å². The molecule has 4 aliphatic rings. The van der Waals surface area contributed by atoms with E-state index in [1.807, 2.05) is 42.5 Å². The monoisotopic (exact) mass is 409 g/mol. The maximum atomic E-state index is 13.9. The van der Waals surface area contributed by atoms with Crippen molar-refractivity contribution in [2.45, 2.75) is 17.9 Å². The van der Waals surface area contributed by atoms with Gasteiger partial charge in [-0.3, -0.25) is 19.4 Å². The van der Waals surface area contributed by atoms with Gasteiger partial charge < -0.3 is 5.32 Å². The number of para-hydroxylation sites is 1. The van der Waals surface area contributed by atoms with E-state index >= 15 is 0 Å². The summed E-state index contributed by atoms with van der Waals surface area (Å²) in [6.45, 7) is 1.79. The van der Waals surface area contributed by atoms with Crippen LogP contribution in [0, 0.1) is 11.8 Å². The summed E-state index contributed by atoms with van der Waals surface area (Å²) in [6.07, 6.45) is 3.29. The molecule has 3 aliphatic heterocycles. The van der Waals surface area contributed by atoms with Crippen LogP contribution < -0.4 is 10.2 Å². The molecule has 7 rings (SSSR count). The molecule has 31 heavy (non-hydrogen) atoms. The number of nitrogens with zero attached hydrogens (tertiary/aromatic N) is 2. The van der Waals surface area contributed by atoms with E-state index in [4.69, 9.17) is 0 Å². The fourth-order valence-electron chi connectivity index (χ4n) is 5.87. The van der Waals surface area contributed by atoms with E-state index in [1.165, 1.54) is 4.90 Å². The molecular formula is C25H19N3O3. The van der Waals surface area contributed by atoms with Gasteiger partial charge in [-0.25, -0.2) is 4.90 Å². The molecule has 1 N–H and O–H groups in total. The van der Waals surface area contributed by atoms with E-state index in [-0.39, 0.29) is 17.7 Å². The number of fused-ring (bicyclic) bond motifs is 1. The first-order valence-electron chi connectivity index (χ1n) is 10.3. The van der Waals surface area contributed by atoms with Crippen LogP contribution in [0.5, 0.6) is 0 Å². The average Bonchev–Trinajstić information content (AvgIpc) is 3.09. The summed E-state index contributed by atoms with van der Waals surface area (Å²) in [6, 6.07) is 20.2. The molecule has 2 fully saturated rings. The highest BCUT2D eigenvalue weighted by Crippen LogP contribution is 2.61. The molecule has 0 saturated carbocycles. The van der Waals surface area contributed by atoms with Crippen molar-refractivity contribution in [2.75, 3.05) is 4.90 Å². The van der Waals surface area contributed by atoms with Gasteiger partial charge in [0, 0.05) is 12.4 Å². The van der Waals surface area contributed by atoms with Crippen molar-refractivity contribution in [1.82, 2.24) is 10.3 Å². The minimum absolute atomic E-state index is 0.236. The van der Waals surface area contributed by atoms with Crippen LogP contribution >= 0.6 is 0 Å². The van der Waals surface area contributed by atoms with Gasteiger partial charge in [0.05, 0.1) is 22.9 Å². The van der Waals surface area contributed by atoms with Gasteiger partial charge in [-0.05, 0) is 47.9 Å².